The van der Waals surface area contributed by atoms with Crippen molar-refractivity contribution in [2.45, 2.75) is 13.8 Å². The number of benzene rings is 2. The molecule has 3 aromatic rings. The highest BCUT2D eigenvalue weighted by Crippen LogP contribution is 2.20. The molecule has 0 aliphatic rings. The third kappa shape index (κ3) is 4.46. The second-order valence-corrected chi connectivity index (χ2v) is 6.33. The van der Waals surface area contributed by atoms with Crippen LogP contribution in [0.4, 0.5) is 22.9 Å². The van der Waals surface area contributed by atoms with Gasteiger partial charge in [-0.05, 0) is 50.2 Å². The molecule has 0 aliphatic heterocycles. The Kier molecular flexibility index (Phi) is 6.22. The maximum atomic E-state index is 12.6. The minimum Gasteiger partial charge on any atom is -0.372 e. The molecule has 0 radical (unpaired) electrons. The summed E-state index contributed by atoms with van der Waals surface area (Å²) in [5.74, 6) is 0.392. The number of amides is 1. The maximum absolute atomic E-state index is 12.6. The first-order chi connectivity index (χ1) is 13.6. The van der Waals surface area contributed by atoms with Crippen molar-refractivity contribution < 1.29 is 4.79 Å². The molecule has 144 valence electrons. The molecule has 0 fully saturated rings. The van der Waals surface area contributed by atoms with E-state index in [4.69, 9.17) is 0 Å². The lowest BCUT2D eigenvalue weighted by molar-refractivity contribution is 0.0988. The van der Waals surface area contributed by atoms with Crippen LogP contribution in [0, 0.1) is 0 Å². The molecule has 0 saturated heterocycles. The summed E-state index contributed by atoms with van der Waals surface area (Å²) in [5.41, 5.74) is 3.22. The van der Waals surface area contributed by atoms with Crippen LogP contribution in [0.2, 0.25) is 0 Å². The first kappa shape index (κ1) is 19.4. The minimum absolute atomic E-state index is 0.200. The second kappa shape index (κ2) is 8.99. The Bertz CT molecular complexity index is 890. The van der Waals surface area contributed by atoms with Crippen LogP contribution in [0.3, 0.4) is 0 Å². The Balaban J connectivity index is 1.67. The number of para-hydroxylation sites is 1. The Morgan fingerprint density at radius 3 is 2.14 bits per heavy atom. The summed E-state index contributed by atoms with van der Waals surface area (Å²) < 4.78 is 0. The minimum atomic E-state index is -0.200. The molecule has 1 heterocycles. The maximum Gasteiger partial charge on any atom is 0.278 e. The lowest BCUT2D eigenvalue weighted by Gasteiger charge is -2.21. The SMILES string of the molecule is CCN(CC)c1ccc(Nc2cnc(C(=O)N(C)c3ccccc3)cn2)cc1. The van der Waals surface area contributed by atoms with Gasteiger partial charge in [-0.3, -0.25) is 4.79 Å². The van der Waals surface area contributed by atoms with Crippen LogP contribution < -0.4 is 15.1 Å². The molecule has 0 aliphatic carbocycles. The average Bonchev–Trinajstić information content (AvgIpc) is 2.76. The molecule has 0 saturated carbocycles. The van der Waals surface area contributed by atoms with Gasteiger partial charge in [-0.1, -0.05) is 18.2 Å². The number of hydrogen-bond acceptors (Lipinski definition) is 5. The fraction of sp³-hybridized carbons (Fsp3) is 0.227. The fourth-order valence-electron chi connectivity index (χ4n) is 2.94. The highest BCUT2D eigenvalue weighted by atomic mass is 16.2. The van der Waals surface area contributed by atoms with Crippen LogP contribution in [0.1, 0.15) is 24.3 Å². The van der Waals surface area contributed by atoms with Gasteiger partial charge in [0.25, 0.3) is 5.91 Å². The number of anilines is 4. The monoisotopic (exact) mass is 375 g/mol. The van der Waals surface area contributed by atoms with Crippen molar-refractivity contribution in [3.8, 4) is 0 Å². The first-order valence-corrected chi connectivity index (χ1v) is 9.39. The lowest BCUT2D eigenvalue weighted by atomic mass is 10.2. The van der Waals surface area contributed by atoms with Crippen LogP contribution in [0.15, 0.2) is 67.0 Å². The summed E-state index contributed by atoms with van der Waals surface area (Å²) in [5, 5.41) is 3.22. The summed E-state index contributed by atoms with van der Waals surface area (Å²) in [6, 6.07) is 17.6. The third-order valence-corrected chi connectivity index (χ3v) is 4.59. The molecule has 1 aromatic heterocycles. The number of nitrogens with one attached hydrogen (secondary N) is 1. The molecule has 1 amide bonds. The van der Waals surface area contributed by atoms with Crippen molar-refractivity contribution in [3.05, 3.63) is 72.7 Å². The molecule has 0 spiro atoms. The van der Waals surface area contributed by atoms with Crippen molar-refractivity contribution in [2.75, 3.05) is 35.3 Å². The molecule has 0 bridgehead atoms. The van der Waals surface area contributed by atoms with E-state index in [1.807, 2.05) is 42.5 Å². The number of carbonyl (C=O) groups excluding carboxylic acids is 1. The number of carbonyl (C=O) groups is 1. The van der Waals surface area contributed by atoms with Crippen LogP contribution >= 0.6 is 0 Å². The fourth-order valence-corrected chi connectivity index (χ4v) is 2.94. The second-order valence-electron chi connectivity index (χ2n) is 6.33. The van der Waals surface area contributed by atoms with E-state index in [-0.39, 0.29) is 5.91 Å². The Morgan fingerprint density at radius 2 is 1.57 bits per heavy atom. The number of aromatic nitrogens is 2. The van der Waals surface area contributed by atoms with Crippen molar-refractivity contribution >= 4 is 28.8 Å². The summed E-state index contributed by atoms with van der Waals surface area (Å²) >= 11 is 0. The molecular formula is C22H25N5O. The summed E-state index contributed by atoms with van der Waals surface area (Å²) in [6.45, 7) is 6.23. The molecule has 0 unspecified atom stereocenters. The summed E-state index contributed by atoms with van der Waals surface area (Å²) in [4.78, 5) is 25.0. The van der Waals surface area contributed by atoms with Gasteiger partial charge in [-0.25, -0.2) is 9.97 Å². The summed E-state index contributed by atoms with van der Waals surface area (Å²) in [6.07, 6.45) is 3.07. The quantitative estimate of drug-likeness (QED) is 0.665. The van der Waals surface area contributed by atoms with Crippen molar-refractivity contribution in [2.24, 2.45) is 0 Å². The van der Waals surface area contributed by atoms with E-state index in [1.165, 1.54) is 11.9 Å². The smallest absolute Gasteiger partial charge is 0.278 e. The van der Waals surface area contributed by atoms with Crippen molar-refractivity contribution in [1.82, 2.24) is 9.97 Å². The highest BCUT2D eigenvalue weighted by molar-refractivity contribution is 6.04. The van der Waals surface area contributed by atoms with E-state index >= 15 is 0 Å². The van der Waals surface area contributed by atoms with Gasteiger partial charge in [0.1, 0.15) is 11.5 Å². The van der Waals surface area contributed by atoms with Crippen molar-refractivity contribution in [3.63, 3.8) is 0 Å². The van der Waals surface area contributed by atoms with Crippen LogP contribution in [0.5, 0.6) is 0 Å². The largest absolute Gasteiger partial charge is 0.372 e. The van der Waals surface area contributed by atoms with Gasteiger partial charge in [0.15, 0.2) is 0 Å². The van der Waals surface area contributed by atoms with E-state index < -0.39 is 0 Å². The topological polar surface area (TPSA) is 61.4 Å². The van der Waals surface area contributed by atoms with Gasteiger partial charge >= 0.3 is 0 Å². The Labute approximate surface area is 165 Å². The zero-order chi connectivity index (χ0) is 19.9. The third-order valence-electron chi connectivity index (χ3n) is 4.59. The first-order valence-electron chi connectivity index (χ1n) is 9.39. The number of rotatable bonds is 7. The molecule has 1 N–H and O–H groups in total. The lowest BCUT2D eigenvalue weighted by Crippen LogP contribution is -2.27. The Morgan fingerprint density at radius 1 is 0.893 bits per heavy atom. The van der Waals surface area contributed by atoms with Crippen LogP contribution in [-0.4, -0.2) is 36.0 Å². The molecule has 28 heavy (non-hydrogen) atoms. The molecular weight excluding hydrogens is 350 g/mol. The summed E-state index contributed by atoms with van der Waals surface area (Å²) in [7, 11) is 1.73. The zero-order valence-corrected chi connectivity index (χ0v) is 16.5. The van der Waals surface area contributed by atoms with E-state index in [0.29, 0.717) is 11.5 Å². The molecule has 6 nitrogen and oxygen atoms in total. The molecule has 2 aromatic carbocycles. The Hall–Kier alpha value is -3.41. The predicted octanol–water partition coefficient (Wildman–Crippen LogP) is 4.34. The standard InChI is InChI=1S/C22H25N5O/c1-4-27(5-2)19-13-11-17(12-14-19)25-21-16-23-20(15-24-21)22(28)26(3)18-9-7-6-8-10-18/h6-16H,4-5H2,1-3H3,(H,24,25). The van der Waals surface area contributed by atoms with E-state index in [9.17, 15) is 4.79 Å². The zero-order valence-electron chi connectivity index (χ0n) is 16.5. The van der Waals surface area contributed by atoms with Gasteiger partial charge in [0, 0.05) is 37.2 Å². The van der Waals surface area contributed by atoms with Gasteiger partial charge in [0.2, 0.25) is 0 Å². The van der Waals surface area contributed by atoms with Gasteiger partial charge in [0.05, 0.1) is 12.4 Å². The van der Waals surface area contributed by atoms with Gasteiger partial charge in [-0.2, -0.15) is 0 Å². The number of hydrogen-bond donors (Lipinski definition) is 1. The number of nitrogens with zero attached hydrogens (tertiary/aromatic N) is 4. The normalized spacial score (nSPS) is 10.4. The molecule has 3 rings (SSSR count). The molecule has 0 atom stereocenters. The highest BCUT2D eigenvalue weighted by Gasteiger charge is 2.15. The molecule has 6 heteroatoms. The van der Waals surface area contributed by atoms with E-state index in [2.05, 4.69) is 46.2 Å². The predicted molar refractivity (Wildman–Crippen MR) is 114 cm³/mol. The average molecular weight is 375 g/mol. The van der Waals surface area contributed by atoms with Crippen LogP contribution in [-0.2, 0) is 0 Å². The van der Waals surface area contributed by atoms with Gasteiger partial charge in [-0.15, -0.1) is 0 Å². The van der Waals surface area contributed by atoms with E-state index in [1.54, 1.807) is 18.1 Å². The van der Waals surface area contributed by atoms with Crippen molar-refractivity contribution in [1.29, 1.82) is 0 Å². The van der Waals surface area contributed by atoms with E-state index in [0.717, 1.165) is 24.5 Å². The van der Waals surface area contributed by atoms with Crippen LogP contribution in [0.25, 0.3) is 0 Å². The van der Waals surface area contributed by atoms with Gasteiger partial charge < -0.3 is 15.1 Å².